The van der Waals surface area contributed by atoms with Crippen molar-refractivity contribution in [3.8, 4) is 0 Å². The molecule has 1 aliphatic rings. The van der Waals surface area contributed by atoms with E-state index in [0.717, 1.165) is 52.1 Å². The highest BCUT2D eigenvalue weighted by Crippen LogP contribution is 2.52. The summed E-state index contributed by atoms with van der Waals surface area (Å²) in [6, 6.07) is 0. The van der Waals surface area contributed by atoms with Gasteiger partial charge in [-0.1, -0.05) is 168 Å². The second-order valence-corrected chi connectivity index (χ2v) is 18.1. The fraction of sp³-hybridized carbons (Fsp3) is 0.864. The molecule has 1 aromatic rings. The van der Waals surface area contributed by atoms with E-state index < -0.39 is 80.9 Å². The summed E-state index contributed by atoms with van der Waals surface area (Å²) in [5.74, 6) is -2.40. The summed E-state index contributed by atoms with van der Waals surface area (Å²) in [6.45, 7) is 3.45. The van der Waals surface area contributed by atoms with Gasteiger partial charge in [-0.3, -0.25) is 37.5 Å². The van der Waals surface area contributed by atoms with Crippen molar-refractivity contribution in [1.29, 1.82) is 0 Å². The quantitative estimate of drug-likeness (QED) is 0.0322. The Morgan fingerprint density at radius 1 is 0.721 bits per heavy atom. The van der Waals surface area contributed by atoms with Crippen LogP contribution in [0.25, 0.3) is 0 Å². The maximum Gasteiger partial charge on any atom is 0.477 e. The molecule has 0 radical (unpaired) electrons. The number of hydrogen-bond acceptors (Lipinski definition) is 13. The van der Waals surface area contributed by atoms with Gasteiger partial charge >= 0.3 is 25.5 Å². The fourth-order valence-electron chi connectivity index (χ4n) is 7.22. The number of rotatable bonds is 38. The Bertz CT molecular complexity index is 1490. The zero-order valence-electron chi connectivity index (χ0n) is 37.3. The van der Waals surface area contributed by atoms with E-state index in [4.69, 9.17) is 27.8 Å². The predicted octanol–water partition coefficient (Wildman–Crippen LogP) is 9.46. The number of phosphoric acid groups is 1. The van der Waals surface area contributed by atoms with Crippen molar-refractivity contribution in [2.24, 2.45) is 0 Å². The summed E-state index contributed by atoms with van der Waals surface area (Å²) in [7, 11) is -3.67. The Morgan fingerprint density at radius 3 is 1.62 bits per heavy atom. The number of ether oxygens (including phenoxy) is 3. The molecule has 0 saturated carbocycles. The van der Waals surface area contributed by atoms with Gasteiger partial charge in [-0.15, -0.1) is 0 Å². The van der Waals surface area contributed by atoms with E-state index in [1.54, 1.807) is 4.98 Å². The Kier molecular flexibility index (Phi) is 29.7. The van der Waals surface area contributed by atoms with Gasteiger partial charge < -0.3 is 24.4 Å². The minimum absolute atomic E-state index is 0.117. The van der Waals surface area contributed by atoms with Crippen LogP contribution < -0.4 is 11.2 Å². The molecular formula is C44H78FN2O13P. The Hall–Kier alpha value is -2.46. The molecule has 1 aliphatic heterocycles. The van der Waals surface area contributed by atoms with Crippen molar-refractivity contribution < 1.29 is 56.5 Å². The van der Waals surface area contributed by atoms with Gasteiger partial charge in [0.1, 0.15) is 18.8 Å². The number of aromatic nitrogens is 2. The van der Waals surface area contributed by atoms with Gasteiger partial charge in [0.15, 0.2) is 18.6 Å². The number of hydrogen-bond donors (Lipinski definition) is 3. The van der Waals surface area contributed by atoms with Crippen LogP contribution in [0.3, 0.4) is 0 Å². The monoisotopic (exact) mass is 893 g/mol. The smallest absolute Gasteiger partial charge is 0.462 e. The van der Waals surface area contributed by atoms with Crippen molar-refractivity contribution >= 4 is 19.8 Å². The lowest BCUT2D eigenvalue weighted by atomic mass is 10.0. The van der Waals surface area contributed by atoms with E-state index in [2.05, 4.69) is 13.8 Å². The molecule has 6 atom stereocenters. The third-order valence-corrected chi connectivity index (χ3v) is 12.3. The predicted molar refractivity (Wildman–Crippen MR) is 230 cm³/mol. The minimum atomic E-state index is -4.65. The average Bonchev–Trinajstić information content (AvgIpc) is 3.51. The molecule has 2 heterocycles. The normalized spacial score (nSPS) is 19.2. The second kappa shape index (κ2) is 33.1. The van der Waals surface area contributed by atoms with Crippen LogP contribution in [-0.4, -0.2) is 76.6 Å². The van der Waals surface area contributed by atoms with Crippen LogP contribution in [-0.2, 0) is 41.9 Å². The molecule has 15 nitrogen and oxygen atoms in total. The van der Waals surface area contributed by atoms with E-state index >= 15 is 0 Å². The van der Waals surface area contributed by atoms with E-state index in [9.17, 15) is 38.3 Å². The number of halogens is 1. The largest absolute Gasteiger partial charge is 0.477 e. The maximum absolute atomic E-state index is 13.9. The van der Waals surface area contributed by atoms with E-state index in [0.29, 0.717) is 23.6 Å². The highest BCUT2D eigenvalue weighted by atomic mass is 31.2. The second-order valence-electron chi connectivity index (χ2n) is 16.3. The molecule has 1 unspecified atom stereocenters. The zero-order valence-corrected chi connectivity index (χ0v) is 38.2. The molecule has 3 N–H and O–H groups in total. The van der Waals surface area contributed by atoms with Gasteiger partial charge in [-0.05, 0) is 12.8 Å². The third-order valence-electron chi connectivity index (χ3n) is 11.0. The number of carbonyl (C=O) groups excluding carboxylic acids is 2. The summed E-state index contributed by atoms with van der Waals surface area (Å²) in [5, 5.41) is 21.1. The lowest BCUT2D eigenvalue weighted by molar-refractivity contribution is -0.162. The first-order valence-electron chi connectivity index (χ1n) is 23.3. The van der Waals surface area contributed by atoms with Gasteiger partial charge in [-0.25, -0.2) is 9.36 Å². The number of unbranched alkanes of at least 4 members (excludes halogenated alkanes) is 24. The number of aromatic amines is 1. The van der Waals surface area contributed by atoms with Crippen LogP contribution in [0.4, 0.5) is 4.39 Å². The average molecular weight is 893 g/mol. The number of carbonyl (C=O) groups is 2. The summed E-state index contributed by atoms with van der Waals surface area (Å²) < 4.78 is 60.0. The molecule has 2 rings (SSSR count). The summed E-state index contributed by atoms with van der Waals surface area (Å²) in [6.07, 6.45) is 22.3. The lowest BCUT2D eigenvalue weighted by Crippen LogP contribution is -2.38. The number of H-pyrrole nitrogens is 1. The molecule has 0 bridgehead atoms. The summed E-state index contributed by atoms with van der Waals surface area (Å²) in [4.78, 5) is 51.0. The van der Waals surface area contributed by atoms with Crippen LogP contribution >= 0.6 is 7.82 Å². The van der Waals surface area contributed by atoms with Gasteiger partial charge in [-0.2, -0.15) is 4.39 Å². The van der Waals surface area contributed by atoms with Crippen molar-refractivity contribution in [2.45, 2.75) is 224 Å². The topological polar surface area (TPSA) is 202 Å². The molecule has 17 heteroatoms. The zero-order chi connectivity index (χ0) is 44.7. The molecule has 0 aromatic carbocycles. The van der Waals surface area contributed by atoms with Gasteiger partial charge in [0.25, 0.3) is 5.56 Å². The first-order valence-corrected chi connectivity index (χ1v) is 24.8. The summed E-state index contributed by atoms with van der Waals surface area (Å²) in [5.41, 5.74) is -2.45. The standard InChI is InChI=1S/C44H78FN2O13P/c1-4-6-8-10-12-14-16-18-20-22-24-26-28-30-37(48)56-33-35(58-38(49)31-29-27-25-23-21-19-17-15-13-11-9-7-5-2)34-57-61(54,55-3)60-43-40(51)39(50)42(59-43)47-32-36(45)41(52)46-44(47)53/h32,35,39-40,42-43,50-51H,4-31,33-34H2,1-3H3,(H,46,52,53)/t35-,39-,40+,42-,43-,61?/m1/s1. The number of aliphatic hydroxyl groups excluding tert-OH is 2. The van der Waals surface area contributed by atoms with Crippen molar-refractivity contribution in [1.82, 2.24) is 9.55 Å². The van der Waals surface area contributed by atoms with Crippen molar-refractivity contribution in [3.05, 3.63) is 32.9 Å². The third kappa shape index (κ3) is 23.7. The van der Waals surface area contributed by atoms with Crippen LogP contribution in [0, 0.1) is 5.82 Å². The van der Waals surface area contributed by atoms with E-state index in [-0.39, 0.29) is 12.8 Å². The SMILES string of the molecule is CCCCCCCCCCCCCCCC(=O)OC[C@H](COP(=O)(OC)O[C@H]1O[C@@H](n2cc(F)c(=O)[nH]c2=O)[C@H](O)[C@@H]1O)OC(=O)CCCCCCCCCCCCCCC. The molecule has 0 aliphatic carbocycles. The van der Waals surface area contributed by atoms with Crippen LogP contribution in [0.1, 0.15) is 200 Å². The van der Waals surface area contributed by atoms with Gasteiger partial charge in [0, 0.05) is 20.0 Å². The molecular weight excluding hydrogens is 814 g/mol. The number of phosphoric ester groups is 1. The van der Waals surface area contributed by atoms with E-state index in [1.165, 1.54) is 109 Å². The number of nitrogens with zero attached hydrogens (tertiary/aromatic N) is 1. The van der Waals surface area contributed by atoms with Gasteiger partial charge in [0.05, 0.1) is 12.8 Å². The molecule has 1 fully saturated rings. The molecule has 61 heavy (non-hydrogen) atoms. The van der Waals surface area contributed by atoms with Crippen LogP contribution in [0.15, 0.2) is 15.8 Å². The highest BCUT2D eigenvalue weighted by Gasteiger charge is 2.49. The Balaban J connectivity index is 1.85. The van der Waals surface area contributed by atoms with Crippen molar-refractivity contribution in [3.63, 3.8) is 0 Å². The molecule has 1 saturated heterocycles. The first kappa shape index (κ1) is 54.7. The number of esters is 2. The van der Waals surface area contributed by atoms with Crippen molar-refractivity contribution in [2.75, 3.05) is 20.3 Å². The highest BCUT2D eigenvalue weighted by molar-refractivity contribution is 7.48. The molecule has 354 valence electrons. The van der Waals surface area contributed by atoms with Crippen LogP contribution in [0.5, 0.6) is 0 Å². The molecule has 0 spiro atoms. The number of aliphatic hydroxyl groups is 2. The van der Waals surface area contributed by atoms with Crippen LogP contribution in [0.2, 0.25) is 0 Å². The maximum atomic E-state index is 13.9. The number of nitrogens with one attached hydrogen (secondary N) is 1. The Morgan fingerprint density at radius 2 is 1.16 bits per heavy atom. The first-order chi connectivity index (χ1) is 29.4. The molecule has 0 amide bonds. The Labute approximate surface area is 362 Å². The summed E-state index contributed by atoms with van der Waals surface area (Å²) >= 11 is 0. The van der Waals surface area contributed by atoms with E-state index in [1.807, 2.05) is 0 Å². The molecule has 1 aromatic heterocycles. The van der Waals surface area contributed by atoms with Gasteiger partial charge in [0.2, 0.25) is 5.82 Å². The minimum Gasteiger partial charge on any atom is -0.462 e. The lowest BCUT2D eigenvalue weighted by Gasteiger charge is -2.24. The fourth-order valence-corrected chi connectivity index (χ4v) is 8.25.